The van der Waals surface area contributed by atoms with Crippen LogP contribution in [0.3, 0.4) is 0 Å². The molecule has 0 saturated heterocycles. The molecule has 5 rings (SSSR count). The van der Waals surface area contributed by atoms with Crippen molar-refractivity contribution in [2.45, 2.75) is 13.0 Å². The number of rotatable bonds is 4. The van der Waals surface area contributed by atoms with Gasteiger partial charge in [-0.25, -0.2) is 10.1 Å². The molecule has 31 heavy (non-hydrogen) atoms. The lowest BCUT2D eigenvalue weighted by atomic mass is 9.96. The van der Waals surface area contributed by atoms with Gasteiger partial charge in [-0.15, -0.1) is 10.2 Å². The maximum Gasteiger partial charge on any atom is 0.277 e. The van der Waals surface area contributed by atoms with Gasteiger partial charge in [0.2, 0.25) is 0 Å². The van der Waals surface area contributed by atoms with Crippen molar-refractivity contribution in [3.63, 3.8) is 0 Å². The Morgan fingerprint density at radius 2 is 1.84 bits per heavy atom. The molecule has 1 aliphatic rings. The van der Waals surface area contributed by atoms with Crippen molar-refractivity contribution in [1.29, 1.82) is 0 Å². The average Bonchev–Trinajstić information content (AvgIpc) is 3.25. The molecule has 2 aromatic heterocycles. The molecular formula is C20H20N6O4S. The summed E-state index contributed by atoms with van der Waals surface area (Å²) in [6, 6.07) is 9.67. The lowest BCUT2D eigenvalue weighted by Gasteiger charge is -2.26. The van der Waals surface area contributed by atoms with Crippen LogP contribution in [0.2, 0.25) is 0 Å². The lowest BCUT2D eigenvalue weighted by molar-refractivity contribution is 0.355. The molecule has 0 bridgehead atoms. The van der Waals surface area contributed by atoms with Crippen molar-refractivity contribution in [2.24, 2.45) is 5.14 Å². The topological polar surface area (TPSA) is 125 Å². The van der Waals surface area contributed by atoms with Gasteiger partial charge in [-0.2, -0.15) is 12.7 Å². The molecular weight excluding hydrogens is 420 g/mol. The third-order valence-corrected chi connectivity index (χ3v) is 6.61. The van der Waals surface area contributed by atoms with Crippen molar-refractivity contribution >= 4 is 26.9 Å². The van der Waals surface area contributed by atoms with E-state index in [1.165, 1.54) is 4.31 Å². The molecule has 2 N–H and O–H groups in total. The minimum atomic E-state index is -3.75. The molecule has 0 atom stereocenters. The van der Waals surface area contributed by atoms with Gasteiger partial charge in [0.05, 0.1) is 25.4 Å². The van der Waals surface area contributed by atoms with Gasteiger partial charge in [-0.05, 0) is 29.7 Å². The Morgan fingerprint density at radius 1 is 1.06 bits per heavy atom. The zero-order valence-electron chi connectivity index (χ0n) is 16.9. The van der Waals surface area contributed by atoms with Gasteiger partial charge >= 0.3 is 0 Å². The highest BCUT2D eigenvalue weighted by molar-refractivity contribution is 7.86. The van der Waals surface area contributed by atoms with E-state index in [9.17, 15) is 8.42 Å². The molecule has 2 aromatic carbocycles. The molecule has 0 spiro atoms. The minimum Gasteiger partial charge on any atom is -0.493 e. The van der Waals surface area contributed by atoms with Gasteiger partial charge in [0, 0.05) is 30.1 Å². The Kier molecular flexibility index (Phi) is 4.54. The second-order valence-corrected chi connectivity index (χ2v) is 8.84. The Bertz CT molecular complexity index is 1430. The minimum absolute atomic E-state index is 0.226. The molecule has 0 amide bonds. The highest BCUT2D eigenvalue weighted by Crippen LogP contribution is 2.37. The largest absolute Gasteiger partial charge is 0.493 e. The van der Waals surface area contributed by atoms with Crippen LogP contribution in [0.1, 0.15) is 11.1 Å². The van der Waals surface area contributed by atoms with Crippen molar-refractivity contribution in [3.05, 3.63) is 47.8 Å². The number of nitrogens with two attached hydrogens (primary N) is 1. The van der Waals surface area contributed by atoms with Crippen LogP contribution in [0.25, 0.3) is 27.9 Å². The molecule has 0 saturated carbocycles. The normalized spacial score (nSPS) is 14.7. The summed E-state index contributed by atoms with van der Waals surface area (Å²) in [6.45, 7) is 0.597. The van der Waals surface area contributed by atoms with E-state index in [1.54, 1.807) is 24.9 Å². The predicted octanol–water partition coefficient (Wildman–Crippen LogP) is 1.52. The van der Waals surface area contributed by atoms with Crippen LogP contribution < -0.4 is 14.6 Å². The van der Waals surface area contributed by atoms with Gasteiger partial charge < -0.3 is 9.47 Å². The summed E-state index contributed by atoms with van der Waals surface area (Å²) in [7, 11) is -0.596. The van der Waals surface area contributed by atoms with E-state index in [0.29, 0.717) is 35.9 Å². The van der Waals surface area contributed by atoms with Crippen molar-refractivity contribution < 1.29 is 17.9 Å². The molecule has 0 radical (unpaired) electrons. The zero-order chi connectivity index (χ0) is 21.8. The average molecular weight is 440 g/mol. The fraction of sp³-hybridized carbons (Fsp3) is 0.250. The molecule has 0 unspecified atom stereocenters. The number of hydrogen-bond acceptors (Lipinski definition) is 7. The van der Waals surface area contributed by atoms with E-state index < -0.39 is 10.2 Å². The number of hydrogen-bond donors (Lipinski definition) is 1. The lowest BCUT2D eigenvalue weighted by Crippen LogP contribution is -2.40. The molecule has 4 aromatic rings. The standard InChI is InChI=1S/C20H20N6O4S/c1-29-17-8-15-16(9-18(17)30-2)26-11-22-24-20(26)23-19(15)13-4-3-12-5-6-25(31(21,27)28)10-14(12)7-13/h3-4,7-9,11H,5-6,10H2,1-2H3,(H2,21,27,28). The molecule has 11 heteroatoms. The molecule has 0 fully saturated rings. The molecule has 160 valence electrons. The Hall–Kier alpha value is -3.28. The Balaban J connectivity index is 1.73. The number of aromatic nitrogens is 4. The Morgan fingerprint density at radius 3 is 2.58 bits per heavy atom. The molecule has 0 aliphatic carbocycles. The van der Waals surface area contributed by atoms with E-state index in [-0.39, 0.29) is 6.54 Å². The predicted molar refractivity (Wildman–Crippen MR) is 114 cm³/mol. The van der Waals surface area contributed by atoms with Crippen LogP contribution >= 0.6 is 0 Å². The van der Waals surface area contributed by atoms with E-state index >= 15 is 0 Å². The van der Waals surface area contributed by atoms with Crippen LogP contribution in [0, 0.1) is 0 Å². The number of benzene rings is 2. The monoisotopic (exact) mass is 440 g/mol. The highest BCUT2D eigenvalue weighted by Gasteiger charge is 2.24. The summed E-state index contributed by atoms with van der Waals surface area (Å²) in [5, 5.41) is 14.3. The van der Waals surface area contributed by atoms with Gasteiger partial charge in [-0.1, -0.05) is 12.1 Å². The highest BCUT2D eigenvalue weighted by atomic mass is 32.2. The fourth-order valence-corrected chi connectivity index (χ4v) is 4.67. The summed E-state index contributed by atoms with van der Waals surface area (Å²) < 4.78 is 37.7. The first-order valence-electron chi connectivity index (χ1n) is 9.54. The third-order valence-electron chi connectivity index (χ3n) is 5.57. The maximum absolute atomic E-state index is 11.8. The SMILES string of the molecule is COc1cc2c(-c3ccc4c(c3)CN(S(N)(=O)=O)CC4)nc3nncn3c2cc1OC. The second-order valence-electron chi connectivity index (χ2n) is 7.30. The summed E-state index contributed by atoms with van der Waals surface area (Å²) in [5.74, 6) is 1.60. The number of ether oxygens (including phenoxy) is 2. The molecule has 1 aliphatic heterocycles. The van der Waals surface area contributed by atoms with Crippen LogP contribution in [-0.2, 0) is 23.2 Å². The Labute approximate surface area is 178 Å². The van der Waals surface area contributed by atoms with E-state index in [0.717, 1.165) is 27.6 Å². The van der Waals surface area contributed by atoms with Gasteiger partial charge in [0.25, 0.3) is 16.0 Å². The van der Waals surface area contributed by atoms with E-state index in [4.69, 9.17) is 19.6 Å². The quantitative estimate of drug-likeness (QED) is 0.510. The first-order valence-corrected chi connectivity index (χ1v) is 11.0. The van der Waals surface area contributed by atoms with Gasteiger partial charge in [-0.3, -0.25) is 4.40 Å². The van der Waals surface area contributed by atoms with E-state index in [1.807, 2.05) is 30.3 Å². The van der Waals surface area contributed by atoms with Crippen LogP contribution in [0.5, 0.6) is 11.5 Å². The summed E-state index contributed by atoms with van der Waals surface area (Å²) >= 11 is 0. The summed E-state index contributed by atoms with van der Waals surface area (Å²) in [6.07, 6.45) is 2.20. The molecule has 3 heterocycles. The number of fused-ring (bicyclic) bond motifs is 4. The molecule has 10 nitrogen and oxygen atoms in total. The van der Waals surface area contributed by atoms with E-state index in [2.05, 4.69) is 10.2 Å². The maximum atomic E-state index is 11.8. The van der Waals surface area contributed by atoms with Crippen molar-refractivity contribution in [2.75, 3.05) is 20.8 Å². The zero-order valence-corrected chi connectivity index (χ0v) is 17.8. The summed E-state index contributed by atoms with van der Waals surface area (Å²) in [5.41, 5.74) is 4.32. The first-order chi connectivity index (χ1) is 14.9. The van der Waals surface area contributed by atoms with Crippen LogP contribution in [-0.4, -0.2) is 53.1 Å². The first kappa shape index (κ1) is 19.7. The van der Waals surface area contributed by atoms with Gasteiger partial charge in [0.15, 0.2) is 11.5 Å². The summed E-state index contributed by atoms with van der Waals surface area (Å²) in [4.78, 5) is 4.72. The van der Waals surface area contributed by atoms with Crippen LogP contribution in [0.4, 0.5) is 0 Å². The van der Waals surface area contributed by atoms with Crippen molar-refractivity contribution in [1.82, 2.24) is 23.9 Å². The fourth-order valence-electron chi connectivity index (χ4n) is 4.01. The second kappa shape index (κ2) is 7.15. The number of nitrogens with zero attached hydrogens (tertiary/aromatic N) is 5. The number of methoxy groups -OCH3 is 2. The van der Waals surface area contributed by atoms with Crippen molar-refractivity contribution in [3.8, 4) is 22.8 Å². The van der Waals surface area contributed by atoms with Crippen LogP contribution in [0.15, 0.2) is 36.7 Å². The van der Waals surface area contributed by atoms with Gasteiger partial charge in [0.1, 0.15) is 6.33 Å². The smallest absolute Gasteiger partial charge is 0.277 e. The third kappa shape index (κ3) is 3.26.